The van der Waals surface area contributed by atoms with Crippen molar-refractivity contribution in [3.63, 3.8) is 0 Å². The molecule has 2 N–H and O–H groups in total. The summed E-state index contributed by atoms with van der Waals surface area (Å²) in [6, 6.07) is 0. The molecule has 0 saturated heterocycles. The van der Waals surface area contributed by atoms with Crippen LogP contribution in [0.2, 0.25) is 0 Å². The molecule has 0 radical (unpaired) electrons. The van der Waals surface area contributed by atoms with Crippen molar-refractivity contribution < 1.29 is 9.90 Å². The van der Waals surface area contributed by atoms with E-state index < -0.39 is 17.3 Å². The van der Waals surface area contributed by atoms with Crippen LogP contribution in [0.25, 0.3) is 0 Å². The number of hydrogen-bond donors (Lipinski definition) is 2. The third kappa shape index (κ3) is 2.01. The van der Waals surface area contributed by atoms with Gasteiger partial charge in [-0.25, -0.2) is 0 Å². The van der Waals surface area contributed by atoms with Gasteiger partial charge in [-0.2, -0.15) is 5.21 Å². The summed E-state index contributed by atoms with van der Waals surface area (Å²) in [5.41, 5.74) is -0.421. The molecule has 6 heteroatoms. The van der Waals surface area contributed by atoms with E-state index in [2.05, 4.69) is 20.6 Å². The summed E-state index contributed by atoms with van der Waals surface area (Å²) in [5, 5.41) is 21.9. The summed E-state index contributed by atoms with van der Waals surface area (Å²) in [6.07, 6.45) is 0. The number of carboxylic acid groups (broad SMARTS) is 1. The Hall–Kier alpha value is -1.46. The second-order valence-corrected chi connectivity index (χ2v) is 3.91. The zero-order chi connectivity index (χ0) is 10.1. The van der Waals surface area contributed by atoms with Crippen LogP contribution in [0.4, 0.5) is 0 Å². The van der Waals surface area contributed by atoms with Gasteiger partial charge in [0.15, 0.2) is 5.82 Å². The predicted octanol–water partition coefficient (Wildman–Crippen LogP) is 0.414. The second kappa shape index (κ2) is 3.12. The van der Waals surface area contributed by atoms with E-state index in [0.717, 1.165) is 0 Å². The fraction of sp³-hybridized carbons (Fsp3) is 0.714. The van der Waals surface area contributed by atoms with Crippen LogP contribution >= 0.6 is 0 Å². The molecule has 0 fully saturated rings. The molecule has 1 heterocycles. The molecule has 13 heavy (non-hydrogen) atoms. The molecule has 6 nitrogen and oxygen atoms in total. The van der Waals surface area contributed by atoms with Crippen LogP contribution in [0.5, 0.6) is 0 Å². The van der Waals surface area contributed by atoms with E-state index in [1.807, 2.05) is 20.8 Å². The molecule has 0 aliphatic carbocycles. The van der Waals surface area contributed by atoms with Crippen molar-refractivity contribution in [3.05, 3.63) is 5.82 Å². The Balaban J connectivity index is 3.01. The molecule has 1 unspecified atom stereocenters. The fourth-order valence-electron chi connectivity index (χ4n) is 1.16. The number of nitrogens with zero attached hydrogens (tertiary/aromatic N) is 3. The molecule has 72 valence electrons. The average Bonchev–Trinajstić information content (AvgIpc) is 2.34. The Morgan fingerprint density at radius 3 is 2.46 bits per heavy atom. The summed E-state index contributed by atoms with van der Waals surface area (Å²) < 4.78 is 0. The topological polar surface area (TPSA) is 91.8 Å². The number of nitrogens with one attached hydrogen (secondary N) is 1. The summed E-state index contributed by atoms with van der Waals surface area (Å²) in [7, 11) is 0. The lowest BCUT2D eigenvalue weighted by molar-refractivity contribution is -0.141. The van der Waals surface area contributed by atoms with E-state index in [4.69, 9.17) is 5.11 Å². The lowest BCUT2D eigenvalue weighted by Gasteiger charge is -2.23. The molecule has 1 atom stereocenters. The first-order valence-electron chi connectivity index (χ1n) is 3.89. The van der Waals surface area contributed by atoms with Crippen LogP contribution in [-0.2, 0) is 4.79 Å². The molecular formula is C7H12N4O2. The number of aromatic amines is 1. The maximum Gasteiger partial charge on any atom is 0.314 e. The Labute approximate surface area is 75.4 Å². The molecule has 1 aromatic rings. The highest BCUT2D eigenvalue weighted by Crippen LogP contribution is 2.32. The molecular weight excluding hydrogens is 172 g/mol. The molecule has 0 aromatic carbocycles. The molecule has 0 aliphatic heterocycles. The third-order valence-electron chi connectivity index (χ3n) is 1.73. The van der Waals surface area contributed by atoms with Gasteiger partial charge < -0.3 is 5.11 Å². The van der Waals surface area contributed by atoms with E-state index in [1.54, 1.807) is 0 Å². The Morgan fingerprint density at radius 1 is 1.54 bits per heavy atom. The highest BCUT2D eigenvalue weighted by molar-refractivity contribution is 5.75. The largest absolute Gasteiger partial charge is 0.481 e. The predicted molar refractivity (Wildman–Crippen MR) is 44.0 cm³/mol. The quantitative estimate of drug-likeness (QED) is 0.694. The average molecular weight is 184 g/mol. The molecule has 0 aliphatic rings. The smallest absolute Gasteiger partial charge is 0.314 e. The van der Waals surface area contributed by atoms with Crippen LogP contribution in [0, 0.1) is 5.41 Å². The van der Waals surface area contributed by atoms with Crippen molar-refractivity contribution in [1.82, 2.24) is 20.6 Å². The zero-order valence-corrected chi connectivity index (χ0v) is 7.77. The van der Waals surface area contributed by atoms with Gasteiger partial charge in [-0.3, -0.25) is 4.79 Å². The van der Waals surface area contributed by atoms with E-state index in [0.29, 0.717) is 0 Å². The second-order valence-electron chi connectivity index (χ2n) is 3.91. The standard InChI is InChI=1S/C7H12N4O2/c1-7(2,3)4(6(12)13)5-8-10-11-9-5/h4H,1-3H3,(H,12,13)(H,8,9,10,11). The van der Waals surface area contributed by atoms with Gasteiger partial charge in [0.05, 0.1) is 0 Å². The van der Waals surface area contributed by atoms with Crippen molar-refractivity contribution in [2.45, 2.75) is 26.7 Å². The Kier molecular flexibility index (Phi) is 2.31. The van der Waals surface area contributed by atoms with E-state index in [9.17, 15) is 4.79 Å². The fourth-order valence-corrected chi connectivity index (χ4v) is 1.16. The highest BCUT2D eigenvalue weighted by atomic mass is 16.4. The van der Waals surface area contributed by atoms with Gasteiger partial charge in [-0.05, 0) is 5.41 Å². The van der Waals surface area contributed by atoms with Crippen LogP contribution in [0.15, 0.2) is 0 Å². The molecule has 0 amide bonds. The summed E-state index contributed by atoms with van der Waals surface area (Å²) >= 11 is 0. The minimum atomic E-state index is -0.936. The first-order chi connectivity index (χ1) is 5.93. The van der Waals surface area contributed by atoms with Gasteiger partial charge in [0.25, 0.3) is 0 Å². The monoisotopic (exact) mass is 184 g/mol. The Morgan fingerprint density at radius 2 is 2.15 bits per heavy atom. The normalized spacial score (nSPS) is 14.1. The molecule has 0 bridgehead atoms. The van der Waals surface area contributed by atoms with E-state index >= 15 is 0 Å². The summed E-state index contributed by atoms with van der Waals surface area (Å²) in [5.74, 6) is -1.44. The van der Waals surface area contributed by atoms with Crippen molar-refractivity contribution in [2.24, 2.45) is 5.41 Å². The Bertz CT molecular complexity index is 288. The highest BCUT2D eigenvalue weighted by Gasteiger charge is 2.35. The van der Waals surface area contributed by atoms with Crippen molar-refractivity contribution in [2.75, 3.05) is 0 Å². The number of rotatable bonds is 2. The number of carbonyl (C=O) groups is 1. The number of carboxylic acids is 1. The lowest BCUT2D eigenvalue weighted by atomic mass is 9.80. The van der Waals surface area contributed by atoms with Crippen LogP contribution in [-0.4, -0.2) is 31.7 Å². The van der Waals surface area contributed by atoms with Crippen LogP contribution in [0.1, 0.15) is 32.5 Å². The van der Waals surface area contributed by atoms with Crippen molar-refractivity contribution in [1.29, 1.82) is 0 Å². The summed E-state index contributed by atoms with van der Waals surface area (Å²) in [6.45, 7) is 5.46. The van der Waals surface area contributed by atoms with Gasteiger partial charge in [0.1, 0.15) is 5.92 Å². The minimum absolute atomic E-state index is 0.222. The summed E-state index contributed by atoms with van der Waals surface area (Å²) in [4.78, 5) is 10.9. The van der Waals surface area contributed by atoms with Gasteiger partial charge in [0.2, 0.25) is 0 Å². The number of aromatic nitrogens is 4. The molecule has 0 saturated carbocycles. The number of H-pyrrole nitrogens is 1. The van der Waals surface area contributed by atoms with Crippen molar-refractivity contribution in [3.8, 4) is 0 Å². The van der Waals surface area contributed by atoms with Crippen LogP contribution in [0.3, 0.4) is 0 Å². The van der Waals surface area contributed by atoms with E-state index in [1.165, 1.54) is 0 Å². The lowest BCUT2D eigenvalue weighted by Crippen LogP contribution is -2.27. The van der Waals surface area contributed by atoms with Gasteiger partial charge in [-0.15, -0.1) is 10.2 Å². The first-order valence-corrected chi connectivity index (χ1v) is 3.89. The number of tetrazole rings is 1. The number of hydrogen-bond acceptors (Lipinski definition) is 4. The maximum atomic E-state index is 10.9. The first kappa shape index (κ1) is 9.63. The third-order valence-corrected chi connectivity index (χ3v) is 1.73. The minimum Gasteiger partial charge on any atom is -0.481 e. The van der Waals surface area contributed by atoms with Crippen LogP contribution < -0.4 is 0 Å². The molecule has 1 aromatic heterocycles. The molecule has 1 rings (SSSR count). The van der Waals surface area contributed by atoms with Gasteiger partial charge >= 0.3 is 5.97 Å². The zero-order valence-electron chi connectivity index (χ0n) is 7.77. The SMILES string of the molecule is CC(C)(C)C(C(=O)O)c1nn[nH]n1. The maximum absolute atomic E-state index is 10.9. The molecule has 0 spiro atoms. The van der Waals surface area contributed by atoms with Crippen molar-refractivity contribution >= 4 is 5.97 Å². The number of aliphatic carboxylic acids is 1. The van der Waals surface area contributed by atoms with Gasteiger partial charge in [-0.1, -0.05) is 26.0 Å². The van der Waals surface area contributed by atoms with Gasteiger partial charge in [0, 0.05) is 0 Å². The van der Waals surface area contributed by atoms with E-state index in [-0.39, 0.29) is 5.82 Å².